The maximum Gasteiger partial charge on any atom is 0.257 e. The summed E-state index contributed by atoms with van der Waals surface area (Å²) in [6, 6.07) is 15.8. The molecular weight excluding hydrogens is 340 g/mol. The molecule has 2 aromatic carbocycles. The highest BCUT2D eigenvalue weighted by Gasteiger charge is 2.07. The Morgan fingerprint density at radius 2 is 1.74 bits per heavy atom. The molecule has 0 aliphatic heterocycles. The first-order chi connectivity index (χ1) is 13.2. The zero-order valence-electron chi connectivity index (χ0n) is 15.7. The van der Waals surface area contributed by atoms with Crippen molar-refractivity contribution in [3.63, 3.8) is 0 Å². The summed E-state index contributed by atoms with van der Waals surface area (Å²) >= 11 is 0. The second-order valence-electron chi connectivity index (χ2n) is 6.27. The van der Waals surface area contributed by atoms with E-state index in [9.17, 15) is 4.79 Å². The molecule has 1 heterocycles. The van der Waals surface area contributed by atoms with Crippen LogP contribution in [-0.2, 0) is 19.4 Å². The number of rotatable bonds is 8. The summed E-state index contributed by atoms with van der Waals surface area (Å²) < 4.78 is 5.26. The number of hydrogen-bond donors (Lipinski definition) is 2. The van der Waals surface area contributed by atoms with Gasteiger partial charge in [0.15, 0.2) is 5.82 Å². The van der Waals surface area contributed by atoms with Gasteiger partial charge < -0.3 is 15.2 Å². The summed E-state index contributed by atoms with van der Waals surface area (Å²) in [6.45, 7) is 3.64. The summed E-state index contributed by atoms with van der Waals surface area (Å²) in [5.74, 6) is 1.22. The van der Waals surface area contributed by atoms with Crippen molar-refractivity contribution in [1.82, 2.24) is 20.8 Å². The van der Waals surface area contributed by atoms with E-state index >= 15 is 0 Å². The SMILES string of the molecule is CCc1noc(-c2ccc(CCNCc3ccc(C(=O)NC)cc3)cc2)n1. The largest absolute Gasteiger partial charge is 0.355 e. The fourth-order valence-corrected chi connectivity index (χ4v) is 2.71. The van der Waals surface area contributed by atoms with Gasteiger partial charge in [0, 0.05) is 31.1 Å². The fraction of sp³-hybridized carbons (Fsp3) is 0.286. The number of aryl methyl sites for hydroxylation is 1. The van der Waals surface area contributed by atoms with Crippen LogP contribution in [0.2, 0.25) is 0 Å². The van der Waals surface area contributed by atoms with Crippen molar-refractivity contribution in [3.8, 4) is 11.5 Å². The van der Waals surface area contributed by atoms with Crippen LogP contribution in [-0.4, -0.2) is 29.6 Å². The quantitative estimate of drug-likeness (QED) is 0.601. The fourth-order valence-electron chi connectivity index (χ4n) is 2.71. The highest BCUT2D eigenvalue weighted by Crippen LogP contribution is 2.18. The van der Waals surface area contributed by atoms with E-state index in [0.717, 1.165) is 42.9 Å². The Labute approximate surface area is 159 Å². The van der Waals surface area contributed by atoms with E-state index in [4.69, 9.17) is 4.52 Å². The van der Waals surface area contributed by atoms with E-state index in [1.54, 1.807) is 7.05 Å². The molecule has 0 bridgehead atoms. The lowest BCUT2D eigenvalue weighted by atomic mass is 10.1. The Morgan fingerprint density at radius 1 is 1.04 bits per heavy atom. The van der Waals surface area contributed by atoms with Gasteiger partial charge in [0.25, 0.3) is 11.8 Å². The lowest BCUT2D eigenvalue weighted by Crippen LogP contribution is -2.18. The maximum atomic E-state index is 11.5. The van der Waals surface area contributed by atoms with Gasteiger partial charge in [-0.25, -0.2) is 0 Å². The summed E-state index contributed by atoms with van der Waals surface area (Å²) in [5, 5.41) is 9.97. The lowest BCUT2D eigenvalue weighted by molar-refractivity contribution is 0.0963. The summed E-state index contributed by atoms with van der Waals surface area (Å²) in [5.41, 5.74) is 4.02. The number of amides is 1. The van der Waals surface area contributed by atoms with Crippen LogP contribution < -0.4 is 10.6 Å². The number of nitrogens with one attached hydrogen (secondary N) is 2. The molecule has 2 N–H and O–H groups in total. The molecule has 0 saturated heterocycles. The predicted octanol–water partition coefficient (Wildman–Crippen LogP) is 2.99. The Hall–Kier alpha value is -2.99. The van der Waals surface area contributed by atoms with Gasteiger partial charge in [0.2, 0.25) is 0 Å². The zero-order chi connectivity index (χ0) is 19.1. The van der Waals surface area contributed by atoms with Crippen molar-refractivity contribution in [2.24, 2.45) is 0 Å². The molecule has 0 spiro atoms. The van der Waals surface area contributed by atoms with E-state index < -0.39 is 0 Å². The average Bonchev–Trinajstić information content (AvgIpc) is 3.21. The first-order valence-electron chi connectivity index (χ1n) is 9.13. The van der Waals surface area contributed by atoms with Gasteiger partial charge in [0.1, 0.15) is 0 Å². The standard InChI is InChI=1S/C21H24N4O2/c1-3-19-24-21(27-25-19)18-10-4-15(5-11-18)12-13-23-14-16-6-8-17(9-7-16)20(26)22-2/h4-11,23H,3,12-14H2,1-2H3,(H,22,26). The van der Waals surface area contributed by atoms with Crippen LogP contribution in [0.4, 0.5) is 0 Å². The molecule has 27 heavy (non-hydrogen) atoms. The maximum absolute atomic E-state index is 11.5. The first kappa shape index (κ1) is 18.8. The van der Waals surface area contributed by atoms with Crippen molar-refractivity contribution < 1.29 is 9.32 Å². The molecule has 3 aromatic rings. The van der Waals surface area contributed by atoms with Crippen molar-refractivity contribution in [1.29, 1.82) is 0 Å². The number of hydrogen-bond acceptors (Lipinski definition) is 5. The highest BCUT2D eigenvalue weighted by atomic mass is 16.5. The van der Waals surface area contributed by atoms with Crippen LogP contribution in [0.3, 0.4) is 0 Å². The minimum atomic E-state index is -0.0654. The second kappa shape index (κ2) is 9.09. The molecule has 0 fully saturated rings. The smallest absolute Gasteiger partial charge is 0.257 e. The molecule has 6 nitrogen and oxygen atoms in total. The zero-order valence-corrected chi connectivity index (χ0v) is 15.7. The molecule has 0 unspecified atom stereocenters. The minimum absolute atomic E-state index is 0.0654. The monoisotopic (exact) mass is 364 g/mol. The van der Waals surface area contributed by atoms with Gasteiger partial charge in [-0.1, -0.05) is 36.3 Å². The van der Waals surface area contributed by atoms with Gasteiger partial charge >= 0.3 is 0 Å². The molecular formula is C21H24N4O2. The van der Waals surface area contributed by atoms with E-state index in [1.165, 1.54) is 5.56 Å². The molecule has 1 amide bonds. The molecule has 0 atom stereocenters. The van der Waals surface area contributed by atoms with Crippen molar-refractivity contribution in [3.05, 3.63) is 71.0 Å². The number of benzene rings is 2. The Balaban J connectivity index is 1.45. The Kier molecular flexibility index (Phi) is 6.33. The predicted molar refractivity (Wildman–Crippen MR) is 104 cm³/mol. The van der Waals surface area contributed by atoms with E-state index in [-0.39, 0.29) is 5.91 Å². The van der Waals surface area contributed by atoms with Gasteiger partial charge in [-0.2, -0.15) is 4.98 Å². The lowest BCUT2D eigenvalue weighted by Gasteiger charge is -2.07. The minimum Gasteiger partial charge on any atom is -0.355 e. The number of carbonyl (C=O) groups is 1. The van der Waals surface area contributed by atoms with Gasteiger partial charge in [0.05, 0.1) is 0 Å². The van der Waals surface area contributed by atoms with Gasteiger partial charge in [-0.15, -0.1) is 0 Å². The van der Waals surface area contributed by atoms with Crippen LogP contribution in [0.5, 0.6) is 0 Å². The number of nitrogens with zero attached hydrogens (tertiary/aromatic N) is 2. The molecule has 6 heteroatoms. The van der Waals surface area contributed by atoms with Crippen molar-refractivity contribution in [2.45, 2.75) is 26.3 Å². The number of aromatic nitrogens is 2. The van der Waals surface area contributed by atoms with Crippen LogP contribution in [0.15, 0.2) is 53.1 Å². The summed E-state index contributed by atoms with van der Waals surface area (Å²) in [7, 11) is 1.63. The van der Waals surface area contributed by atoms with Crippen LogP contribution in [0.25, 0.3) is 11.5 Å². The van der Waals surface area contributed by atoms with E-state index in [2.05, 4.69) is 32.9 Å². The normalized spacial score (nSPS) is 10.7. The Bertz CT molecular complexity index is 870. The second-order valence-corrected chi connectivity index (χ2v) is 6.27. The molecule has 140 valence electrons. The molecule has 0 saturated carbocycles. The molecule has 1 aromatic heterocycles. The van der Waals surface area contributed by atoms with Crippen LogP contribution in [0.1, 0.15) is 34.2 Å². The molecule has 0 radical (unpaired) electrons. The summed E-state index contributed by atoms with van der Waals surface area (Å²) in [6.07, 6.45) is 1.70. The third kappa shape index (κ3) is 5.01. The average molecular weight is 364 g/mol. The third-order valence-corrected chi connectivity index (χ3v) is 4.35. The first-order valence-corrected chi connectivity index (χ1v) is 9.13. The van der Waals surface area contributed by atoms with Crippen molar-refractivity contribution >= 4 is 5.91 Å². The molecule has 3 rings (SSSR count). The topological polar surface area (TPSA) is 80.0 Å². The van der Waals surface area contributed by atoms with Crippen molar-refractivity contribution in [2.75, 3.05) is 13.6 Å². The van der Waals surface area contributed by atoms with E-state index in [1.807, 2.05) is 43.3 Å². The molecule has 0 aliphatic rings. The van der Waals surface area contributed by atoms with Gasteiger partial charge in [-0.3, -0.25) is 4.79 Å². The Morgan fingerprint density at radius 3 is 2.37 bits per heavy atom. The molecule has 0 aliphatic carbocycles. The van der Waals surface area contributed by atoms with E-state index in [0.29, 0.717) is 11.5 Å². The third-order valence-electron chi connectivity index (χ3n) is 4.35. The number of carbonyl (C=O) groups excluding carboxylic acids is 1. The van der Waals surface area contributed by atoms with Crippen LogP contribution >= 0.6 is 0 Å². The van der Waals surface area contributed by atoms with Crippen LogP contribution in [0, 0.1) is 0 Å². The van der Waals surface area contributed by atoms with Gasteiger partial charge in [-0.05, 0) is 48.4 Å². The summed E-state index contributed by atoms with van der Waals surface area (Å²) in [4.78, 5) is 15.9. The highest BCUT2D eigenvalue weighted by molar-refractivity contribution is 5.93.